The van der Waals surface area contributed by atoms with Gasteiger partial charge in [-0.05, 0) is 62.0 Å². The van der Waals surface area contributed by atoms with Crippen LogP contribution < -0.4 is 5.32 Å². The molecule has 1 aliphatic rings. The molecule has 0 saturated heterocycles. The van der Waals surface area contributed by atoms with Gasteiger partial charge in [-0.1, -0.05) is 45.0 Å². The van der Waals surface area contributed by atoms with Crippen LogP contribution in [0.15, 0.2) is 24.3 Å². The summed E-state index contributed by atoms with van der Waals surface area (Å²) in [5.41, 5.74) is 3.40. The molecule has 1 nitrogen and oxygen atoms in total. The molecule has 1 aliphatic carbocycles. The Kier molecular flexibility index (Phi) is 4.90. The molecule has 0 bridgehead atoms. The fourth-order valence-corrected chi connectivity index (χ4v) is 4.10. The number of benzene rings is 1. The van der Waals surface area contributed by atoms with Gasteiger partial charge in [0.2, 0.25) is 0 Å². The van der Waals surface area contributed by atoms with Crippen LogP contribution in [-0.4, -0.2) is 12.1 Å². The van der Waals surface area contributed by atoms with Crippen molar-refractivity contribution in [1.82, 2.24) is 5.32 Å². The predicted octanol–water partition coefficient (Wildman–Crippen LogP) is 4.73. The molecule has 0 aliphatic heterocycles. The van der Waals surface area contributed by atoms with Crippen LogP contribution in [0.3, 0.4) is 0 Å². The third-order valence-electron chi connectivity index (χ3n) is 4.69. The average Bonchev–Trinajstić information content (AvgIpc) is 2.29. The van der Waals surface area contributed by atoms with Crippen molar-refractivity contribution in [2.45, 2.75) is 72.4 Å². The Morgan fingerprint density at radius 2 is 1.95 bits per heavy atom. The van der Waals surface area contributed by atoms with Crippen molar-refractivity contribution in [2.75, 3.05) is 0 Å². The zero-order chi connectivity index (χ0) is 14.8. The highest BCUT2D eigenvalue weighted by atomic mass is 14.9. The van der Waals surface area contributed by atoms with Crippen molar-refractivity contribution in [2.24, 2.45) is 11.3 Å². The molecular weight excluding hydrogens is 242 g/mol. The van der Waals surface area contributed by atoms with E-state index in [0.717, 1.165) is 12.3 Å². The number of rotatable bonds is 4. The van der Waals surface area contributed by atoms with E-state index in [1.807, 2.05) is 0 Å². The number of aryl methyl sites for hydroxylation is 1. The lowest BCUT2D eigenvalue weighted by molar-refractivity contribution is 0.145. The highest BCUT2D eigenvalue weighted by Gasteiger charge is 2.32. The second-order valence-corrected chi connectivity index (χ2v) is 7.81. The lowest BCUT2D eigenvalue weighted by atomic mass is 9.70. The zero-order valence-corrected chi connectivity index (χ0v) is 13.9. The van der Waals surface area contributed by atoms with Gasteiger partial charge in [-0.15, -0.1) is 0 Å². The van der Waals surface area contributed by atoms with Gasteiger partial charge in [-0.3, -0.25) is 0 Å². The Morgan fingerprint density at radius 1 is 1.25 bits per heavy atom. The van der Waals surface area contributed by atoms with Gasteiger partial charge in [0.05, 0.1) is 0 Å². The van der Waals surface area contributed by atoms with E-state index >= 15 is 0 Å². The SMILES string of the molecule is Cc1ccccc1CC(C)NC1CC(C)CC(C)(C)C1. The monoisotopic (exact) mass is 273 g/mol. The first-order valence-corrected chi connectivity index (χ1v) is 8.16. The predicted molar refractivity (Wildman–Crippen MR) is 88.1 cm³/mol. The van der Waals surface area contributed by atoms with Gasteiger partial charge in [0.25, 0.3) is 0 Å². The minimum absolute atomic E-state index is 0.498. The van der Waals surface area contributed by atoms with E-state index in [4.69, 9.17) is 0 Å². The van der Waals surface area contributed by atoms with E-state index in [1.165, 1.54) is 30.4 Å². The van der Waals surface area contributed by atoms with Crippen LogP contribution in [0.25, 0.3) is 0 Å². The molecule has 1 saturated carbocycles. The summed E-state index contributed by atoms with van der Waals surface area (Å²) in [4.78, 5) is 0. The van der Waals surface area contributed by atoms with Crippen LogP contribution in [-0.2, 0) is 6.42 Å². The molecule has 3 atom stereocenters. The molecule has 0 aromatic heterocycles. The number of hydrogen-bond acceptors (Lipinski definition) is 1. The molecule has 20 heavy (non-hydrogen) atoms. The van der Waals surface area contributed by atoms with Crippen molar-refractivity contribution in [1.29, 1.82) is 0 Å². The molecular formula is C19H31N. The molecule has 0 spiro atoms. The Balaban J connectivity index is 1.91. The third kappa shape index (κ3) is 4.34. The summed E-state index contributed by atoms with van der Waals surface area (Å²) in [5.74, 6) is 0.849. The van der Waals surface area contributed by atoms with Gasteiger partial charge in [0.15, 0.2) is 0 Å². The minimum Gasteiger partial charge on any atom is -0.311 e. The summed E-state index contributed by atoms with van der Waals surface area (Å²) < 4.78 is 0. The normalized spacial score (nSPS) is 27.2. The van der Waals surface area contributed by atoms with Gasteiger partial charge < -0.3 is 5.32 Å². The van der Waals surface area contributed by atoms with Crippen LogP contribution in [0.1, 0.15) is 58.1 Å². The smallest absolute Gasteiger partial charge is 0.00818 e. The van der Waals surface area contributed by atoms with E-state index in [-0.39, 0.29) is 0 Å². The summed E-state index contributed by atoms with van der Waals surface area (Å²) in [6, 6.07) is 10.0. The van der Waals surface area contributed by atoms with Gasteiger partial charge in [-0.25, -0.2) is 0 Å². The second-order valence-electron chi connectivity index (χ2n) is 7.81. The number of nitrogens with one attached hydrogen (secondary N) is 1. The highest BCUT2D eigenvalue weighted by Crippen LogP contribution is 2.38. The maximum atomic E-state index is 3.88. The molecule has 0 amide bonds. The molecule has 0 heterocycles. The van der Waals surface area contributed by atoms with Gasteiger partial charge in [0.1, 0.15) is 0 Å². The van der Waals surface area contributed by atoms with Gasteiger partial charge >= 0.3 is 0 Å². The molecule has 1 N–H and O–H groups in total. The van der Waals surface area contributed by atoms with E-state index in [1.54, 1.807) is 0 Å². The number of hydrogen-bond donors (Lipinski definition) is 1. The maximum Gasteiger partial charge on any atom is 0.00818 e. The van der Waals surface area contributed by atoms with Crippen LogP contribution >= 0.6 is 0 Å². The van der Waals surface area contributed by atoms with Gasteiger partial charge in [0, 0.05) is 12.1 Å². The summed E-state index contributed by atoms with van der Waals surface area (Å²) in [6.07, 6.45) is 5.16. The molecule has 1 aromatic carbocycles. The minimum atomic E-state index is 0.498. The Hall–Kier alpha value is -0.820. The molecule has 3 unspecified atom stereocenters. The lowest BCUT2D eigenvalue weighted by Crippen LogP contribution is -2.44. The van der Waals surface area contributed by atoms with E-state index in [9.17, 15) is 0 Å². The fraction of sp³-hybridized carbons (Fsp3) is 0.684. The molecule has 1 fully saturated rings. The highest BCUT2D eigenvalue weighted by molar-refractivity contribution is 5.26. The first-order chi connectivity index (χ1) is 9.35. The topological polar surface area (TPSA) is 12.0 Å². The fourth-order valence-electron chi connectivity index (χ4n) is 4.10. The Morgan fingerprint density at radius 3 is 2.60 bits per heavy atom. The molecule has 1 aromatic rings. The summed E-state index contributed by atoms with van der Waals surface area (Å²) >= 11 is 0. The van der Waals surface area contributed by atoms with Crippen LogP contribution in [0.2, 0.25) is 0 Å². The van der Waals surface area contributed by atoms with Gasteiger partial charge in [-0.2, -0.15) is 0 Å². The van der Waals surface area contributed by atoms with Crippen molar-refractivity contribution in [3.05, 3.63) is 35.4 Å². The second kappa shape index (κ2) is 6.30. The standard InChI is InChI=1S/C19H31N/c1-14-10-18(13-19(4,5)12-14)20-16(3)11-17-9-7-6-8-15(17)2/h6-9,14,16,18,20H,10-13H2,1-5H3. The Bertz CT molecular complexity index is 435. The van der Waals surface area contributed by atoms with E-state index in [2.05, 4.69) is 64.2 Å². The molecule has 0 radical (unpaired) electrons. The molecule has 2 rings (SSSR count). The summed E-state index contributed by atoms with van der Waals surface area (Å²) in [6.45, 7) is 11.8. The maximum absolute atomic E-state index is 3.88. The van der Waals surface area contributed by atoms with E-state index < -0.39 is 0 Å². The Labute approximate surface area is 125 Å². The quantitative estimate of drug-likeness (QED) is 0.836. The molecule has 112 valence electrons. The van der Waals surface area contributed by atoms with Crippen LogP contribution in [0.5, 0.6) is 0 Å². The first-order valence-electron chi connectivity index (χ1n) is 8.16. The first kappa shape index (κ1) is 15.6. The largest absolute Gasteiger partial charge is 0.311 e. The van der Waals surface area contributed by atoms with Crippen LogP contribution in [0, 0.1) is 18.3 Å². The van der Waals surface area contributed by atoms with Crippen molar-refractivity contribution < 1.29 is 0 Å². The zero-order valence-electron chi connectivity index (χ0n) is 13.9. The van der Waals surface area contributed by atoms with E-state index in [0.29, 0.717) is 17.5 Å². The lowest BCUT2D eigenvalue weighted by Gasteiger charge is -2.40. The van der Waals surface area contributed by atoms with Crippen molar-refractivity contribution in [3.8, 4) is 0 Å². The van der Waals surface area contributed by atoms with Crippen molar-refractivity contribution >= 4 is 0 Å². The molecule has 1 heteroatoms. The third-order valence-corrected chi connectivity index (χ3v) is 4.69. The van der Waals surface area contributed by atoms with Crippen LogP contribution in [0.4, 0.5) is 0 Å². The average molecular weight is 273 g/mol. The summed E-state index contributed by atoms with van der Waals surface area (Å²) in [5, 5.41) is 3.88. The summed E-state index contributed by atoms with van der Waals surface area (Å²) in [7, 11) is 0. The van der Waals surface area contributed by atoms with Crippen molar-refractivity contribution in [3.63, 3.8) is 0 Å².